The van der Waals surface area contributed by atoms with Crippen LogP contribution in [0.1, 0.15) is 28.8 Å². The number of aryl methyl sites for hydroxylation is 1. The van der Waals surface area contributed by atoms with Crippen molar-refractivity contribution in [3.63, 3.8) is 0 Å². The second-order valence-electron chi connectivity index (χ2n) is 5.62. The number of para-hydroxylation sites is 1. The number of rotatable bonds is 2. The minimum atomic E-state index is 0.216. The molecule has 4 rings (SSSR count). The highest BCUT2D eigenvalue weighted by molar-refractivity contribution is 6.17. The fourth-order valence-corrected chi connectivity index (χ4v) is 3.30. The molecule has 0 unspecified atom stereocenters. The van der Waals surface area contributed by atoms with Gasteiger partial charge >= 0.3 is 0 Å². The second kappa shape index (κ2) is 5.25. The maximum absolute atomic E-state index is 12.3. The fourth-order valence-electron chi connectivity index (χ4n) is 3.12. The first-order valence-corrected chi connectivity index (χ1v) is 7.99. The molecule has 0 spiro atoms. The monoisotopic (exact) mass is 310 g/mol. The normalized spacial score (nSPS) is 14.3. The molecular formula is C18H15ClN2O. The van der Waals surface area contributed by atoms with Crippen LogP contribution >= 0.6 is 11.6 Å². The summed E-state index contributed by atoms with van der Waals surface area (Å²) in [6, 6.07) is 14.0. The Labute approximate surface area is 133 Å². The lowest BCUT2D eigenvalue weighted by Crippen LogP contribution is -1.99. The number of ketones is 1. The van der Waals surface area contributed by atoms with Gasteiger partial charge in [-0.1, -0.05) is 30.3 Å². The lowest BCUT2D eigenvalue weighted by molar-refractivity contribution is 0.0982. The first-order chi connectivity index (χ1) is 10.8. The summed E-state index contributed by atoms with van der Waals surface area (Å²) in [5, 5.41) is 0. The molecule has 2 heterocycles. The summed E-state index contributed by atoms with van der Waals surface area (Å²) in [6.45, 7) is 0.825. The van der Waals surface area contributed by atoms with Gasteiger partial charge in [0, 0.05) is 30.0 Å². The van der Waals surface area contributed by atoms with E-state index in [2.05, 4.69) is 16.7 Å². The van der Waals surface area contributed by atoms with E-state index in [1.807, 2.05) is 30.3 Å². The van der Waals surface area contributed by atoms with Gasteiger partial charge in [0.2, 0.25) is 0 Å². The maximum Gasteiger partial charge on any atom is 0.165 e. The van der Waals surface area contributed by atoms with E-state index in [1.54, 1.807) is 0 Å². The van der Waals surface area contributed by atoms with E-state index in [0.29, 0.717) is 12.3 Å². The van der Waals surface area contributed by atoms with Crippen molar-refractivity contribution in [3.05, 3.63) is 53.6 Å². The smallest absolute Gasteiger partial charge is 0.165 e. The zero-order valence-corrected chi connectivity index (χ0v) is 12.8. The van der Waals surface area contributed by atoms with E-state index in [1.165, 1.54) is 0 Å². The van der Waals surface area contributed by atoms with Crippen LogP contribution in [0.5, 0.6) is 0 Å². The van der Waals surface area contributed by atoms with Gasteiger partial charge in [0.25, 0.3) is 0 Å². The SMILES string of the molecule is O=C1CCCn2c(-c3ccc(CCl)cc3)nc3cccc1c32. The quantitative estimate of drug-likeness (QED) is 0.657. The first-order valence-electron chi connectivity index (χ1n) is 7.45. The molecule has 1 aliphatic heterocycles. The van der Waals surface area contributed by atoms with Gasteiger partial charge in [0.1, 0.15) is 5.82 Å². The highest BCUT2D eigenvalue weighted by Gasteiger charge is 2.21. The van der Waals surface area contributed by atoms with Gasteiger partial charge < -0.3 is 4.57 Å². The Balaban J connectivity index is 1.96. The summed E-state index contributed by atoms with van der Waals surface area (Å²) in [4.78, 5) is 17.0. The third-order valence-corrected chi connectivity index (χ3v) is 4.53. The Morgan fingerprint density at radius 3 is 2.73 bits per heavy atom. The van der Waals surface area contributed by atoms with Crippen molar-refractivity contribution in [2.75, 3.05) is 0 Å². The molecule has 0 atom stereocenters. The summed E-state index contributed by atoms with van der Waals surface area (Å²) >= 11 is 5.86. The zero-order valence-electron chi connectivity index (χ0n) is 12.1. The predicted octanol–water partition coefficient (Wildman–Crippen LogP) is 4.42. The molecule has 2 aromatic carbocycles. The van der Waals surface area contributed by atoms with E-state index in [0.717, 1.165) is 46.5 Å². The van der Waals surface area contributed by atoms with Crippen LogP contribution in [0.3, 0.4) is 0 Å². The fraction of sp³-hybridized carbons (Fsp3) is 0.222. The molecule has 0 radical (unpaired) electrons. The van der Waals surface area contributed by atoms with Crippen molar-refractivity contribution < 1.29 is 4.79 Å². The molecule has 110 valence electrons. The average molecular weight is 311 g/mol. The number of halogens is 1. The van der Waals surface area contributed by atoms with Gasteiger partial charge in [-0.25, -0.2) is 4.98 Å². The Morgan fingerprint density at radius 1 is 1.14 bits per heavy atom. The Bertz CT molecular complexity index is 865. The van der Waals surface area contributed by atoms with Crippen LogP contribution in [-0.2, 0) is 12.4 Å². The molecule has 0 amide bonds. The molecule has 0 aliphatic carbocycles. The molecule has 1 aromatic heterocycles. The van der Waals surface area contributed by atoms with E-state index in [-0.39, 0.29) is 5.78 Å². The van der Waals surface area contributed by atoms with Crippen LogP contribution in [0.2, 0.25) is 0 Å². The molecule has 22 heavy (non-hydrogen) atoms. The van der Waals surface area contributed by atoms with Gasteiger partial charge in [-0.05, 0) is 24.1 Å². The van der Waals surface area contributed by atoms with E-state index in [9.17, 15) is 4.79 Å². The van der Waals surface area contributed by atoms with Gasteiger partial charge in [-0.15, -0.1) is 11.6 Å². The summed E-state index contributed by atoms with van der Waals surface area (Å²) in [6.07, 6.45) is 1.46. The minimum absolute atomic E-state index is 0.216. The predicted molar refractivity (Wildman–Crippen MR) is 88.3 cm³/mol. The molecule has 1 aliphatic rings. The van der Waals surface area contributed by atoms with Gasteiger partial charge in [0.15, 0.2) is 5.78 Å². The topological polar surface area (TPSA) is 34.9 Å². The van der Waals surface area contributed by atoms with Gasteiger partial charge in [-0.3, -0.25) is 4.79 Å². The summed E-state index contributed by atoms with van der Waals surface area (Å²) in [7, 11) is 0. The molecule has 0 bridgehead atoms. The summed E-state index contributed by atoms with van der Waals surface area (Å²) in [5.41, 5.74) is 4.82. The van der Waals surface area contributed by atoms with Crippen LogP contribution in [0.4, 0.5) is 0 Å². The number of hydrogen-bond acceptors (Lipinski definition) is 2. The molecule has 3 nitrogen and oxygen atoms in total. The van der Waals surface area contributed by atoms with Crippen molar-refractivity contribution in [3.8, 4) is 11.4 Å². The van der Waals surface area contributed by atoms with Crippen LogP contribution in [0.15, 0.2) is 42.5 Å². The molecule has 0 N–H and O–H groups in total. The minimum Gasteiger partial charge on any atom is -0.323 e. The summed E-state index contributed by atoms with van der Waals surface area (Å²) < 4.78 is 2.19. The van der Waals surface area contributed by atoms with Gasteiger partial charge in [-0.2, -0.15) is 0 Å². The van der Waals surface area contributed by atoms with Crippen LogP contribution in [-0.4, -0.2) is 15.3 Å². The van der Waals surface area contributed by atoms with Crippen molar-refractivity contribution in [1.29, 1.82) is 0 Å². The van der Waals surface area contributed by atoms with E-state index in [4.69, 9.17) is 16.6 Å². The highest BCUT2D eigenvalue weighted by Crippen LogP contribution is 2.30. The Morgan fingerprint density at radius 2 is 1.95 bits per heavy atom. The number of nitrogens with zero attached hydrogens (tertiary/aromatic N) is 2. The number of benzene rings is 2. The number of alkyl halides is 1. The third-order valence-electron chi connectivity index (χ3n) is 4.22. The van der Waals surface area contributed by atoms with Crippen molar-refractivity contribution in [1.82, 2.24) is 9.55 Å². The highest BCUT2D eigenvalue weighted by atomic mass is 35.5. The number of aromatic nitrogens is 2. The molecule has 3 aromatic rings. The number of hydrogen-bond donors (Lipinski definition) is 0. The number of carbonyl (C=O) groups excluding carboxylic acids is 1. The third kappa shape index (κ3) is 2.04. The lowest BCUT2D eigenvalue weighted by atomic mass is 10.1. The molecular weight excluding hydrogens is 296 g/mol. The number of carbonyl (C=O) groups is 1. The maximum atomic E-state index is 12.3. The zero-order chi connectivity index (χ0) is 15.1. The molecule has 0 saturated heterocycles. The first kappa shape index (κ1) is 13.5. The molecule has 4 heteroatoms. The van der Waals surface area contributed by atoms with Gasteiger partial charge in [0.05, 0.1) is 11.0 Å². The standard InChI is InChI=1S/C18H15ClN2O/c19-11-12-6-8-13(9-7-12)18-20-15-4-1-3-14-16(22)5-2-10-21(18)17(14)15/h1,3-4,6-9H,2,5,10-11H2. The largest absolute Gasteiger partial charge is 0.323 e. The Hall–Kier alpha value is -2.13. The average Bonchev–Trinajstić information content (AvgIpc) is 2.84. The lowest BCUT2D eigenvalue weighted by Gasteiger charge is -2.07. The van der Waals surface area contributed by atoms with E-state index >= 15 is 0 Å². The second-order valence-corrected chi connectivity index (χ2v) is 5.88. The summed E-state index contributed by atoms with van der Waals surface area (Å²) in [5.74, 6) is 1.65. The van der Waals surface area contributed by atoms with E-state index < -0.39 is 0 Å². The Kier molecular flexibility index (Phi) is 3.23. The van der Waals surface area contributed by atoms with Crippen molar-refractivity contribution in [2.45, 2.75) is 25.3 Å². The molecule has 0 fully saturated rings. The van der Waals surface area contributed by atoms with Crippen molar-refractivity contribution >= 4 is 28.4 Å². The number of imidazole rings is 1. The van der Waals surface area contributed by atoms with Crippen LogP contribution in [0.25, 0.3) is 22.4 Å². The number of Topliss-reactive ketones (excluding diaryl/α,β-unsaturated/α-hetero) is 1. The van der Waals surface area contributed by atoms with Crippen molar-refractivity contribution in [2.24, 2.45) is 0 Å². The van der Waals surface area contributed by atoms with Crippen LogP contribution in [0, 0.1) is 0 Å². The van der Waals surface area contributed by atoms with Crippen LogP contribution < -0.4 is 0 Å². The molecule has 0 saturated carbocycles.